The number of benzene rings is 2. The molecule has 2 aromatic carbocycles. The third kappa shape index (κ3) is 6.13. The Morgan fingerprint density at radius 3 is 2.47 bits per heavy atom. The molecule has 1 heterocycles. The van der Waals surface area contributed by atoms with Crippen LogP contribution in [0.2, 0.25) is 0 Å². The van der Waals surface area contributed by atoms with E-state index >= 15 is 0 Å². The molecule has 7 nitrogen and oxygen atoms in total. The molecule has 3 aromatic rings. The van der Waals surface area contributed by atoms with E-state index in [1.807, 2.05) is 43.3 Å². The number of nitrogens with zero attached hydrogens (tertiary/aromatic N) is 2. The van der Waals surface area contributed by atoms with E-state index in [2.05, 4.69) is 10.3 Å². The third-order valence-electron chi connectivity index (χ3n) is 5.70. The molecule has 34 heavy (non-hydrogen) atoms. The van der Waals surface area contributed by atoms with Crippen LogP contribution in [0.5, 0.6) is 17.4 Å². The topological polar surface area (TPSA) is 80.8 Å². The van der Waals surface area contributed by atoms with Crippen molar-refractivity contribution < 1.29 is 19.1 Å². The van der Waals surface area contributed by atoms with E-state index in [1.165, 1.54) is 24.7 Å². The highest BCUT2D eigenvalue weighted by molar-refractivity contribution is 6.05. The number of ether oxygens (including phenoxy) is 2. The van der Waals surface area contributed by atoms with E-state index < -0.39 is 0 Å². The molecule has 7 heteroatoms. The van der Waals surface area contributed by atoms with Crippen molar-refractivity contribution in [2.75, 3.05) is 18.6 Å². The largest absolute Gasteiger partial charge is 0.493 e. The molecule has 1 aliphatic carbocycles. The molecule has 1 atom stereocenters. The fraction of sp³-hybridized carbons (Fsp3) is 0.296. The lowest BCUT2D eigenvalue weighted by molar-refractivity contribution is -0.119. The molecule has 1 aliphatic rings. The summed E-state index contributed by atoms with van der Waals surface area (Å²) in [7, 11) is 1.70. The summed E-state index contributed by atoms with van der Waals surface area (Å²) in [5.41, 5.74) is 2.12. The number of aromatic nitrogens is 1. The van der Waals surface area contributed by atoms with Crippen molar-refractivity contribution in [3.05, 3.63) is 78.0 Å². The fourth-order valence-electron chi connectivity index (χ4n) is 3.49. The second kappa shape index (κ2) is 10.4. The first-order valence-electron chi connectivity index (χ1n) is 11.4. The second-order valence-corrected chi connectivity index (χ2v) is 8.59. The average molecular weight is 460 g/mol. The fourth-order valence-corrected chi connectivity index (χ4v) is 3.49. The third-order valence-corrected chi connectivity index (χ3v) is 5.70. The quantitative estimate of drug-likeness (QED) is 0.479. The molecule has 1 aromatic heterocycles. The van der Waals surface area contributed by atoms with Gasteiger partial charge in [-0.15, -0.1) is 0 Å². The van der Waals surface area contributed by atoms with Crippen LogP contribution >= 0.6 is 0 Å². The normalized spacial score (nSPS) is 13.6. The van der Waals surface area contributed by atoms with Gasteiger partial charge < -0.3 is 19.7 Å². The predicted molar refractivity (Wildman–Crippen MR) is 130 cm³/mol. The van der Waals surface area contributed by atoms with Gasteiger partial charge in [-0.3, -0.25) is 9.59 Å². The van der Waals surface area contributed by atoms with Gasteiger partial charge in [-0.25, -0.2) is 4.98 Å². The number of carbonyl (C=O) groups excluding carboxylic acids is 2. The highest BCUT2D eigenvalue weighted by Crippen LogP contribution is 2.31. The van der Waals surface area contributed by atoms with E-state index in [4.69, 9.17) is 9.47 Å². The minimum atomic E-state index is -0.158. The summed E-state index contributed by atoms with van der Waals surface area (Å²) in [6.07, 6.45) is 4.09. The van der Waals surface area contributed by atoms with Crippen molar-refractivity contribution in [3.8, 4) is 17.4 Å². The van der Waals surface area contributed by atoms with Gasteiger partial charge in [-0.2, -0.15) is 0 Å². The van der Waals surface area contributed by atoms with E-state index in [9.17, 15) is 9.59 Å². The molecule has 1 fully saturated rings. The van der Waals surface area contributed by atoms with Crippen LogP contribution in [-0.4, -0.2) is 30.5 Å². The minimum Gasteiger partial charge on any atom is -0.493 e. The Kier molecular flexibility index (Phi) is 7.11. The lowest BCUT2D eigenvalue weighted by Crippen LogP contribution is -2.26. The maximum atomic E-state index is 12.9. The van der Waals surface area contributed by atoms with Crippen molar-refractivity contribution in [1.29, 1.82) is 0 Å². The molecule has 1 unspecified atom stereocenters. The van der Waals surface area contributed by atoms with Gasteiger partial charge in [0.25, 0.3) is 5.91 Å². The Bertz CT molecular complexity index is 1140. The summed E-state index contributed by atoms with van der Waals surface area (Å²) in [5, 5.41) is 2.83. The maximum Gasteiger partial charge on any atom is 0.258 e. The highest BCUT2D eigenvalue weighted by Gasteiger charge is 2.22. The lowest BCUT2D eigenvalue weighted by atomic mass is 10.1. The Morgan fingerprint density at radius 2 is 1.82 bits per heavy atom. The lowest BCUT2D eigenvalue weighted by Gasteiger charge is -2.18. The molecule has 0 bridgehead atoms. The van der Waals surface area contributed by atoms with Gasteiger partial charge >= 0.3 is 0 Å². The predicted octanol–water partition coefficient (Wildman–Crippen LogP) is 5.14. The smallest absolute Gasteiger partial charge is 0.258 e. The monoisotopic (exact) mass is 459 g/mol. The molecule has 0 saturated heterocycles. The Hall–Kier alpha value is -3.87. The molecule has 0 radical (unpaired) electrons. The van der Waals surface area contributed by atoms with Crippen LogP contribution in [0.15, 0.2) is 66.9 Å². The van der Waals surface area contributed by atoms with Crippen molar-refractivity contribution in [3.63, 3.8) is 0 Å². The second-order valence-electron chi connectivity index (χ2n) is 8.59. The van der Waals surface area contributed by atoms with Crippen LogP contribution in [0.4, 0.5) is 5.69 Å². The summed E-state index contributed by atoms with van der Waals surface area (Å²) >= 11 is 0. The molecule has 1 saturated carbocycles. The molecular weight excluding hydrogens is 430 g/mol. The summed E-state index contributed by atoms with van der Waals surface area (Å²) in [6, 6.07) is 18.1. The first kappa shape index (κ1) is 23.3. The van der Waals surface area contributed by atoms with Crippen LogP contribution in [0.25, 0.3) is 0 Å². The molecular formula is C27H29N3O4. The Morgan fingerprint density at radius 1 is 1.09 bits per heavy atom. The number of carbonyl (C=O) groups is 2. The highest BCUT2D eigenvalue weighted by atomic mass is 16.5. The molecule has 1 N–H and O–H groups in total. The standard InChI is InChI=1S/C27H29N3O4/c1-18(29-19(2)31)21-9-11-22(12-10-21)27(32)30(3)23-13-14-26(28-16-23)34-25-6-4-5-24(15-25)33-17-20-7-8-20/h4-6,9-16,18,20H,7-8,17H2,1-3H3,(H,29,31). The SMILES string of the molecule is CC(=O)NC(C)c1ccc(C(=O)N(C)c2ccc(Oc3cccc(OCC4CC4)c3)nc2)cc1. The Balaban J connectivity index is 1.37. The summed E-state index contributed by atoms with van der Waals surface area (Å²) in [4.78, 5) is 30.1. The number of pyridine rings is 1. The summed E-state index contributed by atoms with van der Waals surface area (Å²) in [6.45, 7) is 4.13. The van der Waals surface area contributed by atoms with Crippen molar-refractivity contribution in [2.45, 2.75) is 32.7 Å². The zero-order valence-corrected chi connectivity index (χ0v) is 19.7. The van der Waals surface area contributed by atoms with Gasteiger partial charge in [-0.05, 0) is 61.6 Å². The van der Waals surface area contributed by atoms with E-state index in [1.54, 1.807) is 37.5 Å². The van der Waals surface area contributed by atoms with Gasteiger partial charge in [0, 0.05) is 31.7 Å². The Labute approximate surface area is 199 Å². The van der Waals surface area contributed by atoms with Crippen LogP contribution < -0.4 is 19.7 Å². The minimum absolute atomic E-state index is 0.0954. The molecule has 176 valence electrons. The van der Waals surface area contributed by atoms with Gasteiger partial charge in [0.1, 0.15) is 11.5 Å². The number of hydrogen-bond acceptors (Lipinski definition) is 5. The summed E-state index contributed by atoms with van der Waals surface area (Å²) < 4.78 is 11.7. The van der Waals surface area contributed by atoms with Gasteiger partial charge in [-0.1, -0.05) is 18.2 Å². The van der Waals surface area contributed by atoms with E-state index in [-0.39, 0.29) is 17.9 Å². The number of hydrogen-bond donors (Lipinski definition) is 1. The van der Waals surface area contributed by atoms with Gasteiger partial charge in [0.15, 0.2) is 0 Å². The van der Waals surface area contributed by atoms with Crippen LogP contribution in [0.1, 0.15) is 48.7 Å². The first-order chi connectivity index (χ1) is 16.4. The van der Waals surface area contributed by atoms with Gasteiger partial charge in [0.2, 0.25) is 11.8 Å². The zero-order valence-electron chi connectivity index (χ0n) is 19.7. The van der Waals surface area contributed by atoms with Crippen LogP contribution in [0, 0.1) is 5.92 Å². The summed E-state index contributed by atoms with van der Waals surface area (Å²) in [5.74, 6) is 2.29. The van der Waals surface area contributed by atoms with E-state index in [0.29, 0.717) is 28.8 Å². The van der Waals surface area contributed by atoms with Crippen molar-refractivity contribution in [2.24, 2.45) is 5.92 Å². The maximum absolute atomic E-state index is 12.9. The van der Waals surface area contributed by atoms with Crippen molar-refractivity contribution in [1.82, 2.24) is 10.3 Å². The average Bonchev–Trinajstić information content (AvgIpc) is 3.67. The number of anilines is 1. The van der Waals surface area contributed by atoms with Crippen molar-refractivity contribution >= 4 is 17.5 Å². The van der Waals surface area contributed by atoms with Gasteiger partial charge in [0.05, 0.1) is 24.5 Å². The first-order valence-corrected chi connectivity index (χ1v) is 11.4. The molecule has 0 spiro atoms. The number of nitrogens with one attached hydrogen (secondary N) is 1. The van der Waals surface area contributed by atoms with Crippen LogP contribution in [0.3, 0.4) is 0 Å². The molecule has 4 rings (SSSR count). The van der Waals surface area contributed by atoms with Crippen LogP contribution in [-0.2, 0) is 4.79 Å². The molecule has 2 amide bonds. The number of rotatable bonds is 9. The zero-order chi connectivity index (χ0) is 24.1. The van der Waals surface area contributed by atoms with E-state index in [0.717, 1.165) is 17.9 Å². The molecule has 0 aliphatic heterocycles. The number of amides is 2.